The molecular formula is C10H5Br3. The van der Waals surface area contributed by atoms with Crippen LogP contribution in [0.1, 0.15) is 0 Å². The molecule has 0 heterocycles. The Morgan fingerprint density at radius 1 is 0.769 bits per heavy atom. The van der Waals surface area contributed by atoms with Gasteiger partial charge in [-0.25, -0.2) is 0 Å². The topological polar surface area (TPSA) is 0 Å². The van der Waals surface area contributed by atoms with Crippen LogP contribution >= 0.6 is 47.8 Å². The first-order chi connectivity index (χ1) is 6.16. The standard InChI is InChI=1S/C10H5Br3/c11-7-1-2-9-6(3-7)4-8(12)5-10(9)13/h1-5H. The second kappa shape index (κ2) is 3.71. The monoisotopic (exact) mass is 362 g/mol. The van der Waals surface area contributed by atoms with E-state index in [9.17, 15) is 0 Å². The van der Waals surface area contributed by atoms with E-state index in [1.807, 2.05) is 6.07 Å². The molecule has 0 N–H and O–H groups in total. The van der Waals surface area contributed by atoms with Crippen LogP contribution in [0.4, 0.5) is 0 Å². The van der Waals surface area contributed by atoms with Crippen LogP contribution in [0.25, 0.3) is 10.8 Å². The van der Waals surface area contributed by atoms with E-state index in [0.717, 1.165) is 13.4 Å². The summed E-state index contributed by atoms with van der Waals surface area (Å²) in [5.41, 5.74) is 0. The number of benzene rings is 2. The van der Waals surface area contributed by atoms with Crippen molar-refractivity contribution < 1.29 is 0 Å². The average Bonchev–Trinajstić information content (AvgIpc) is 2.02. The Bertz CT molecular complexity index is 458. The van der Waals surface area contributed by atoms with Crippen molar-refractivity contribution in [1.82, 2.24) is 0 Å². The van der Waals surface area contributed by atoms with Gasteiger partial charge in [-0.1, -0.05) is 53.9 Å². The van der Waals surface area contributed by atoms with Crippen LogP contribution in [-0.4, -0.2) is 0 Å². The van der Waals surface area contributed by atoms with E-state index in [-0.39, 0.29) is 0 Å². The van der Waals surface area contributed by atoms with Crippen LogP contribution in [0.5, 0.6) is 0 Å². The summed E-state index contributed by atoms with van der Waals surface area (Å²) < 4.78 is 3.30. The molecule has 0 amide bonds. The van der Waals surface area contributed by atoms with Crippen LogP contribution in [0, 0.1) is 0 Å². The third-order valence-corrected chi connectivity index (χ3v) is 3.44. The normalized spacial score (nSPS) is 10.7. The maximum absolute atomic E-state index is 3.53. The number of fused-ring (bicyclic) bond motifs is 1. The first kappa shape index (κ1) is 9.69. The largest absolute Gasteiger partial charge is 0.0521 e. The third-order valence-electron chi connectivity index (χ3n) is 1.83. The Hall–Kier alpha value is 0.140. The predicted molar refractivity (Wildman–Crippen MR) is 67.0 cm³/mol. The Balaban J connectivity index is 2.86. The minimum absolute atomic E-state index is 1.09. The molecule has 0 spiro atoms. The molecule has 3 heteroatoms. The van der Waals surface area contributed by atoms with Gasteiger partial charge >= 0.3 is 0 Å². The molecule has 0 radical (unpaired) electrons. The summed E-state index contributed by atoms with van der Waals surface area (Å²) in [7, 11) is 0. The first-order valence-electron chi connectivity index (χ1n) is 3.71. The highest BCUT2D eigenvalue weighted by Crippen LogP contribution is 2.30. The molecule has 0 saturated carbocycles. The van der Waals surface area contributed by atoms with Crippen LogP contribution in [-0.2, 0) is 0 Å². The van der Waals surface area contributed by atoms with Crippen molar-refractivity contribution in [2.75, 3.05) is 0 Å². The van der Waals surface area contributed by atoms with Gasteiger partial charge in [-0.2, -0.15) is 0 Å². The van der Waals surface area contributed by atoms with Gasteiger partial charge in [0, 0.05) is 13.4 Å². The molecule has 0 aliphatic rings. The summed E-state index contributed by atoms with van der Waals surface area (Å²) in [6.45, 7) is 0. The average molecular weight is 365 g/mol. The zero-order chi connectivity index (χ0) is 9.42. The molecule has 0 nitrogen and oxygen atoms in total. The first-order valence-corrected chi connectivity index (χ1v) is 6.09. The summed E-state index contributed by atoms with van der Waals surface area (Å²) in [4.78, 5) is 0. The minimum Gasteiger partial charge on any atom is -0.0521 e. The van der Waals surface area contributed by atoms with Crippen molar-refractivity contribution in [3.63, 3.8) is 0 Å². The SMILES string of the molecule is Brc1ccc2c(Br)cc(Br)cc2c1. The Morgan fingerprint density at radius 2 is 1.46 bits per heavy atom. The summed E-state index contributed by atoms with van der Waals surface area (Å²) >= 11 is 10.4. The molecular weight excluding hydrogens is 360 g/mol. The van der Waals surface area contributed by atoms with Crippen LogP contribution < -0.4 is 0 Å². The predicted octanol–water partition coefficient (Wildman–Crippen LogP) is 5.13. The lowest BCUT2D eigenvalue weighted by Gasteiger charge is -2.02. The molecule has 66 valence electrons. The molecule has 2 aromatic carbocycles. The fourth-order valence-electron chi connectivity index (χ4n) is 1.26. The summed E-state index contributed by atoms with van der Waals surface area (Å²) in [6, 6.07) is 10.4. The van der Waals surface area contributed by atoms with Gasteiger partial charge in [0.05, 0.1) is 0 Å². The lowest BCUT2D eigenvalue weighted by atomic mass is 10.1. The van der Waals surface area contributed by atoms with Crippen LogP contribution in [0.15, 0.2) is 43.7 Å². The number of halogens is 3. The van der Waals surface area contributed by atoms with Gasteiger partial charge in [-0.05, 0) is 35.0 Å². The van der Waals surface area contributed by atoms with Gasteiger partial charge in [-0.3, -0.25) is 0 Å². The third kappa shape index (κ3) is 1.97. The second-order valence-electron chi connectivity index (χ2n) is 2.75. The maximum Gasteiger partial charge on any atom is 0.0264 e. The van der Waals surface area contributed by atoms with Gasteiger partial charge in [0.1, 0.15) is 0 Å². The summed E-state index contributed by atoms with van der Waals surface area (Å²) in [5.74, 6) is 0. The van der Waals surface area contributed by atoms with Crippen molar-refractivity contribution in [3.05, 3.63) is 43.7 Å². The highest BCUT2D eigenvalue weighted by molar-refractivity contribution is 9.11. The van der Waals surface area contributed by atoms with E-state index in [2.05, 4.69) is 72.1 Å². The fraction of sp³-hybridized carbons (Fsp3) is 0. The van der Waals surface area contributed by atoms with E-state index in [1.54, 1.807) is 0 Å². The lowest BCUT2D eigenvalue weighted by Crippen LogP contribution is -1.75. The van der Waals surface area contributed by atoms with Gasteiger partial charge in [0.25, 0.3) is 0 Å². The van der Waals surface area contributed by atoms with Gasteiger partial charge in [0.2, 0.25) is 0 Å². The van der Waals surface area contributed by atoms with Crippen LogP contribution in [0.2, 0.25) is 0 Å². The van der Waals surface area contributed by atoms with Crippen molar-refractivity contribution >= 4 is 58.6 Å². The van der Waals surface area contributed by atoms with E-state index in [4.69, 9.17) is 0 Å². The van der Waals surface area contributed by atoms with Crippen molar-refractivity contribution in [3.8, 4) is 0 Å². The molecule has 0 aliphatic carbocycles. The Labute approximate surface area is 102 Å². The van der Waals surface area contributed by atoms with E-state index in [1.165, 1.54) is 10.8 Å². The molecule has 0 aliphatic heterocycles. The van der Waals surface area contributed by atoms with E-state index >= 15 is 0 Å². The Kier molecular flexibility index (Phi) is 2.77. The molecule has 0 saturated heterocycles. The molecule has 0 aromatic heterocycles. The second-order valence-corrected chi connectivity index (χ2v) is 5.44. The number of rotatable bonds is 0. The van der Waals surface area contributed by atoms with Crippen molar-refractivity contribution in [2.24, 2.45) is 0 Å². The minimum atomic E-state index is 1.09. The lowest BCUT2D eigenvalue weighted by molar-refractivity contribution is 1.64. The van der Waals surface area contributed by atoms with Gasteiger partial charge < -0.3 is 0 Å². The zero-order valence-corrected chi connectivity index (χ0v) is 11.3. The molecule has 0 atom stereocenters. The summed E-state index contributed by atoms with van der Waals surface area (Å²) in [5, 5.41) is 2.45. The molecule has 0 bridgehead atoms. The smallest absolute Gasteiger partial charge is 0.0264 e. The van der Waals surface area contributed by atoms with E-state index < -0.39 is 0 Å². The zero-order valence-electron chi connectivity index (χ0n) is 6.52. The maximum atomic E-state index is 3.53. The molecule has 2 aromatic rings. The Morgan fingerprint density at radius 3 is 2.23 bits per heavy atom. The molecule has 0 fully saturated rings. The number of hydrogen-bond donors (Lipinski definition) is 0. The van der Waals surface area contributed by atoms with Crippen molar-refractivity contribution in [1.29, 1.82) is 0 Å². The van der Waals surface area contributed by atoms with Gasteiger partial charge in [-0.15, -0.1) is 0 Å². The van der Waals surface area contributed by atoms with Crippen molar-refractivity contribution in [2.45, 2.75) is 0 Å². The summed E-state index contributed by atoms with van der Waals surface area (Å²) in [6.07, 6.45) is 0. The molecule has 2 rings (SSSR count). The quantitative estimate of drug-likeness (QED) is 0.608. The molecule has 0 unspecified atom stereocenters. The highest BCUT2D eigenvalue weighted by atomic mass is 79.9. The van der Waals surface area contributed by atoms with Crippen LogP contribution in [0.3, 0.4) is 0 Å². The fourth-order valence-corrected chi connectivity index (χ4v) is 3.03. The highest BCUT2D eigenvalue weighted by Gasteiger charge is 2.00. The molecule has 13 heavy (non-hydrogen) atoms. The van der Waals surface area contributed by atoms with E-state index in [0.29, 0.717) is 0 Å². The van der Waals surface area contributed by atoms with Gasteiger partial charge in [0.15, 0.2) is 0 Å². The number of hydrogen-bond acceptors (Lipinski definition) is 0.